The maximum absolute atomic E-state index is 13.6. The fraction of sp³-hybridized carbons (Fsp3) is 0.0556. The van der Waals surface area contributed by atoms with Gasteiger partial charge >= 0.3 is 0 Å². The van der Waals surface area contributed by atoms with Gasteiger partial charge in [0.2, 0.25) is 0 Å². The molecule has 24 heavy (non-hydrogen) atoms. The van der Waals surface area contributed by atoms with Gasteiger partial charge in [-0.1, -0.05) is 24.3 Å². The second kappa shape index (κ2) is 6.87. The van der Waals surface area contributed by atoms with Gasteiger partial charge in [0.15, 0.2) is 0 Å². The number of halogens is 1. The summed E-state index contributed by atoms with van der Waals surface area (Å²) in [5, 5.41) is 10.4. The average Bonchev–Trinajstić information content (AvgIpc) is 2.62. The van der Waals surface area contributed by atoms with Crippen LogP contribution in [0.2, 0.25) is 0 Å². The van der Waals surface area contributed by atoms with E-state index in [0.717, 1.165) is 5.56 Å². The van der Waals surface area contributed by atoms with Crippen LogP contribution in [-0.2, 0) is 6.54 Å². The maximum atomic E-state index is 13.6. The van der Waals surface area contributed by atoms with Gasteiger partial charge in [0.25, 0.3) is 0 Å². The highest BCUT2D eigenvalue weighted by molar-refractivity contribution is 6.08. The summed E-state index contributed by atoms with van der Waals surface area (Å²) in [6.45, 7) is 0.332. The molecule has 0 saturated carbocycles. The van der Waals surface area contributed by atoms with Crippen molar-refractivity contribution in [1.29, 1.82) is 5.41 Å². The Morgan fingerprint density at radius 3 is 2.79 bits per heavy atom. The van der Waals surface area contributed by atoms with Crippen LogP contribution in [0, 0.1) is 11.2 Å². The summed E-state index contributed by atoms with van der Waals surface area (Å²) in [5.41, 5.74) is 8.89. The first-order valence-corrected chi connectivity index (χ1v) is 7.38. The fourth-order valence-electron chi connectivity index (χ4n) is 2.33. The molecule has 2 aromatic carbocycles. The second-order valence-corrected chi connectivity index (χ2v) is 5.17. The summed E-state index contributed by atoms with van der Waals surface area (Å²) in [6, 6.07) is 12.1. The van der Waals surface area contributed by atoms with E-state index < -0.39 is 0 Å². The van der Waals surface area contributed by atoms with Crippen LogP contribution in [0.4, 0.5) is 10.2 Å². The average molecular weight is 321 g/mol. The Hall–Kier alpha value is -3.28. The van der Waals surface area contributed by atoms with Gasteiger partial charge in [-0.2, -0.15) is 0 Å². The topological polar surface area (TPSA) is 87.7 Å². The van der Waals surface area contributed by atoms with Gasteiger partial charge in [-0.25, -0.2) is 9.37 Å². The zero-order valence-electron chi connectivity index (χ0n) is 12.8. The fourth-order valence-corrected chi connectivity index (χ4v) is 2.33. The largest absolute Gasteiger partial charge is 0.404 e. The van der Waals surface area contributed by atoms with Crippen molar-refractivity contribution < 1.29 is 4.39 Å². The van der Waals surface area contributed by atoms with Crippen molar-refractivity contribution in [2.45, 2.75) is 6.54 Å². The molecule has 1 heterocycles. The maximum Gasteiger partial charge on any atom is 0.145 e. The quantitative estimate of drug-likeness (QED) is 0.629. The predicted octanol–water partition coefficient (Wildman–Crippen LogP) is 3.33. The third kappa shape index (κ3) is 3.22. The van der Waals surface area contributed by atoms with E-state index >= 15 is 0 Å². The molecule has 0 atom stereocenters. The standard InChI is InChI=1S/C18H16FN5/c19-15-4-2-1-3-13(15)10-23-18-11-22-17-7-12(14(8-20)9-21)5-6-16(17)24-18/h1-9,11,20H,10,21H2,(H,23,24)/b14-9+,20-8?. The smallest absolute Gasteiger partial charge is 0.145 e. The molecule has 0 aliphatic rings. The van der Waals surface area contributed by atoms with Crippen LogP contribution in [0.1, 0.15) is 11.1 Å². The molecule has 3 aromatic rings. The summed E-state index contributed by atoms with van der Waals surface area (Å²) < 4.78 is 13.6. The molecule has 5 nitrogen and oxygen atoms in total. The van der Waals surface area contributed by atoms with Crippen molar-refractivity contribution in [2.24, 2.45) is 5.73 Å². The minimum absolute atomic E-state index is 0.254. The van der Waals surface area contributed by atoms with E-state index in [-0.39, 0.29) is 5.82 Å². The highest BCUT2D eigenvalue weighted by atomic mass is 19.1. The zero-order valence-corrected chi connectivity index (χ0v) is 12.8. The number of nitrogens with one attached hydrogen (secondary N) is 2. The number of anilines is 1. The van der Waals surface area contributed by atoms with Gasteiger partial charge in [0, 0.05) is 30.1 Å². The van der Waals surface area contributed by atoms with E-state index in [1.54, 1.807) is 24.4 Å². The van der Waals surface area contributed by atoms with Crippen molar-refractivity contribution in [2.75, 3.05) is 5.32 Å². The normalized spacial score (nSPS) is 11.5. The lowest BCUT2D eigenvalue weighted by Crippen LogP contribution is -2.04. The van der Waals surface area contributed by atoms with E-state index in [2.05, 4.69) is 15.3 Å². The van der Waals surface area contributed by atoms with Crippen molar-refractivity contribution in [3.63, 3.8) is 0 Å². The van der Waals surface area contributed by atoms with Crippen molar-refractivity contribution in [1.82, 2.24) is 9.97 Å². The predicted molar refractivity (Wildman–Crippen MR) is 94.2 cm³/mol. The van der Waals surface area contributed by atoms with E-state index in [0.29, 0.717) is 34.5 Å². The van der Waals surface area contributed by atoms with Gasteiger partial charge in [0.05, 0.1) is 17.2 Å². The molecule has 0 aliphatic heterocycles. The van der Waals surface area contributed by atoms with Gasteiger partial charge in [-0.15, -0.1) is 0 Å². The molecule has 0 aliphatic carbocycles. The number of rotatable bonds is 5. The number of benzene rings is 2. The summed E-state index contributed by atoms with van der Waals surface area (Å²) in [6.07, 6.45) is 4.17. The summed E-state index contributed by atoms with van der Waals surface area (Å²) in [5.74, 6) is 0.316. The summed E-state index contributed by atoms with van der Waals surface area (Å²) in [7, 11) is 0. The van der Waals surface area contributed by atoms with Crippen molar-refractivity contribution in [3.8, 4) is 0 Å². The Balaban J connectivity index is 1.83. The molecule has 6 heteroatoms. The van der Waals surface area contributed by atoms with E-state index in [4.69, 9.17) is 11.1 Å². The summed E-state index contributed by atoms with van der Waals surface area (Å²) in [4.78, 5) is 8.83. The molecule has 3 rings (SSSR count). The number of nitrogens with zero attached hydrogens (tertiary/aromatic N) is 2. The number of allylic oxidation sites excluding steroid dienone is 1. The van der Waals surface area contributed by atoms with E-state index in [9.17, 15) is 4.39 Å². The van der Waals surface area contributed by atoms with Gasteiger partial charge < -0.3 is 16.5 Å². The molecule has 0 saturated heterocycles. The minimum Gasteiger partial charge on any atom is -0.404 e. The Morgan fingerprint density at radius 1 is 1.21 bits per heavy atom. The van der Waals surface area contributed by atoms with Gasteiger partial charge in [0.1, 0.15) is 11.6 Å². The molecule has 0 amide bonds. The Morgan fingerprint density at radius 2 is 2.04 bits per heavy atom. The molecule has 0 bridgehead atoms. The van der Waals surface area contributed by atoms with Gasteiger partial charge in [-0.05, 0) is 23.8 Å². The Kier molecular flexibility index (Phi) is 4.47. The third-order valence-corrected chi connectivity index (χ3v) is 3.63. The van der Waals surface area contributed by atoms with Crippen LogP contribution in [-0.4, -0.2) is 16.2 Å². The third-order valence-electron chi connectivity index (χ3n) is 3.63. The van der Waals surface area contributed by atoms with E-state index in [1.807, 2.05) is 18.2 Å². The molecular weight excluding hydrogens is 305 g/mol. The molecule has 0 fully saturated rings. The van der Waals surface area contributed by atoms with Crippen LogP contribution in [0.3, 0.4) is 0 Å². The first kappa shape index (κ1) is 15.6. The SMILES string of the molecule is N=C/C(=C\N)c1ccc2nc(NCc3ccccc3F)cnc2c1. The first-order valence-electron chi connectivity index (χ1n) is 7.38. The number of hydrogen-bond donors (Lipinski definition) is 3. The molecule has 120 valence electrons. The van der Waals surface area contributed by atoms with Gasteiger partial charge in [-0.3, -0.25) is 4.98 Å². The summed E-state index contributed by atoms with van der Waals surface area (Å²) >= 11 is 0. The Bertz CT molecular complexity index is 920. The lowest BCUT2D eigenvalue weighted by molar-refractivity contribution is 0.613. The van der Waals surface area contributed by atoms with Crippen LogP contribution < -0.4 is 11.1 Å². The van der Waals surface area contributed by atoms with Crippen molar-refractivity contribution in [3.05, 3.63) is 71.8 Å². The van der Waals surface area contributed by atoms with Crippen LogP contribution >= 0.6 is 0 Å². The molecule has 0 radical (unpaired) electrons. The highest BCUT2D eigenvalue weighted by Crippen LogP contribution is 2.19. The molecule has 0 spiro atoms. The number of nitrogens with two attached hydrogens (primary N) is 1. The number of aromatic nitrogens is 2. The van der Waals surface area contributed by atoms with E-state index in [1.165, 1.54) is 18.5 Å². The second-order valence-electron chi connectivity index (χ2n) is 5.17. The lowest BCUT2D eigenvalue weighted by atomic mass is 10.1. The molecule has 1 aromatic heterocycles. The molecule has 4 N–H and O–H groups in total. The zero-order chi connectivity index (χ0) is 16.9. The van der Waals surface area contributed by atoms with Crippen molar-refractivity contribution >= 4 is 28.6 Å². The van der Waals surface area contributed by atoms with Crippen LogP contribution in [0.25, 0.3) is 16.6 Å². The molecule has 0 unspecified atom stereocenters. The molecular formula is C18H16FN5. The Labute approximate surface area is 138 Å². The number of fused-ring (bicyclic) bond motifs is 1. The lowest BCUT2D eigenvalue weighted by Gasteiger charge is -2.08. The monoisotopic (exact) mass is 321 g/mol. The minimum atomic E-state index is -0.254. The van der Waals surface area contributed by atoms with Crippen LogP contribution in [0.15, 0.2) is 54.9 Å². The van der Waals surface area contributed by atoms with Crippen LogP contribution in [0.5, 0.6) is 0 Å². The number of hydrogen-bond acceptors (Lipinski definition) is 5. The first-order chi connectivity index (χ1) is 11.7. The highest BCUT2D eigenvalue weighted by Gasteiger charge is 2.05.